The highest BCUT2D eigenvalue weighted by Gasteiger charge is 2.17. The molecule has 0 radical (unpaired) electrons. The van der Waals surface area contributed by atoms with Crippen molar-refractivity contribution in [3.8, 4) is 6.07 Å². The fourth-order valence-electron chi connectivity index (χ4n) is 2.93. The minimum atomic E-state index is -0.299. The van der Waals surface area contributed by atoms with Gasteiger partial charge in [0.05, 0.1) is 22.6 Å². The van der Waals surface area contributed by atoms with Crippen LogP contribution in [0.3, 0.4) is 0 Å². The molecule has 7 nitrogen and oxygen atoms in total. The Bertz CT molecular complexity index is 1090. The molecule has 0 saturated carbocycles. The highest BCUT2D eigenvalue weighted by atomic mass is 35.5. The molecule has 8 heteroatoms. The molecule has 0 bridgehead atoms. The molecule has 0 fully saturated rings. The zero-order valence-electron chi connectivity index (χ0n) is 14.3. The molecule has 26 heavy (non-hydrogen) atoms. The summed E-state index contributed by atoms with van der Waals surface area (Å²) in [5.74, 6) is 0.394. The second kappa shape index (κ2) is 7.02. The topological polar surface area (TPSA) is 110 Å². The van der Waals surface area contributed by atoms with Gasteiger partial charge in [-0.3, -0.25) is 4.79 Å². The predicted molar refractivity (Wildman–Crippen MR) is 102 cm³/mol. The first-order chi connectivity index (χ1) is 12.5. The standard InChI is InChI=1S/C18H17ClN6O/c1-3-25-14(7-11-5-4-6-13(19)15(11)17(25)26)10(2)23-16-12(8-20)9-22-18(21)24-16/h4-7,9-10H,3H2,1-2H3,(H3,21,22,23,24). The number of nitrogens with two attached hydrogens (primary N) is 1. The van der Waals surface area contributed by atoms with Crippen molar-refractivity contribution in [1.29, 1.82) is 5.26 Å². The van der Waals surface area contributed by atoms with Crippen LogP contribution in [0.2, 0.25) is 5.02 Å². The van der Waals surface area contributed by atoms with Crippen LogP contribution in [0.25, 0.3) is 10.8 Å². The molecule has 0 amide bonds. The molecule has 0 spiro atoms. The number of hydrogen-bond acceptors (Lipinski definition) is 6. The van der Waals surface area contributed by atoms with Crippen LogP contribution in [0, 0.1) is 11.3 Å². The summed E-state index contributed by atoms with van der Waals surface area (Å²) in [6, 6.07) is 9.01. The average molecular weight is 369 g/mol. The lowest BCUT2D eigenvalue weighted by Crippen LogP contribution is -2.26. The van der Waals surface area contributed by atoms with Crippen LogP contribution >= 0.6 is 11.6 Å². The molecule has 0 aliphatic carbocycles. The van der Waals surface area contributed by atoms with Crippen LogP contribution in [-0.4, -0.2) is 14.5 Å². The number of nitriles is 1. The van der Waals surface area contributed by atoms with E-state index < -0.39 is 0 Å². The van der Waals surface area contributed by atoms with Crippen molar-refractivity contribution in [2.24, 2.45) is 0 Å². The average Bonchev–Trinajstić information content (AvgIpc) is 2.61. The first kappa shape index (κ1) is 17.7. The Labute approximate surface area is 155 Å². The largest absolute Gasteiger partial charge is 0.368 e. The number of nitrogen functional groups attached to an aromatic ring is 1. The predicted octanol–water partition coefficient (Wildman–Crippen LogP) is 3.09. The van der Waals surface area contributed by atoms with Crippen molar-refractivity contribution in [1.82, 2.24) is 14.5 Å². The number of nitrogens with zero attached hydrogens (tertiary/aromatic N) is 4. The van der Waals surface area contributed by atoms with Crippen molar-refractivity contribution in [2.45, 2.75) is 26.4 Å². The Morgan fingerprint density at radius 3 is 2.92 bits per heavy atom. The van der Waals surface area contributed by atoms with Gasteiger partial charge in [0.25, 0.3) is 5.56 Å². The number of rotatable bonds is 4. The molecule has 1 atom stereocenters. The summed E-state index contributed by atoms with van der Waals surface area (Å²) in [4.78, 5) is 20.8. The molecule has 132 valence electrons. The summed E-state index contributed by atoms with van der Waals surface area (Å²) in [7, 11) is 0. The summed E-state index contributed by atoms with van der Waals surface area (Å²) in [5.41, 5.74) is 6.51. The van der Waals surface area contributed by atoms with Gasteiger partial charge in [-0.05, 0) is 31.4 Å². The van der Waals surface area contributed by atoms with Gasteiger partial charge in [0.1, 0.15) is 17.5 Å². The molecular weight excluding hydrogens is 352 g/mol. The Hall–Kier alpha value is -3.11. The summed E-state index contributed by atoms with van der Waals surface area (Å²) in [5, 5.41) is 14.1. The molecule has 2 aromatic heterocycles. The minimum Gasteiger partial charge on any atom is -0.368 e. The number of pyridine rings is 1. The van der Waals surface area contributed by atoms with Crippen molar-refractivity contribution >= 4 is 34.1 Å². The third kappa shape index (κ3) is 3.07. The Kier molecular flexibility index (Phi) is 4.78. The highest BCUT2D eigenvalue weighted by molar-refractivity contribution is 6.35. The molecule has 3 rings (SSSR count). The maximum Gasteiger partial charge on any atom is 0.260 e. The summed E-state index contributed by atoms with van der Waals surface area (Å²) < 4.78 is 1.66. The van der Waals surface area contributed by atoms with Crippen LogP contribution in [0.1, 0.15) is 31.1 Å². The van der Waals surface area contributed by atoms with E-state index in [2.05, 4.69) is 15.3 Å². The van der Waals surface area contributed by atoms with Gasteiger partial charge in [-0.2, -0.15) is 10.2 Å². The number of fused-ring (bicyclic) bond motifs is 1. The van der Waals surface area contributed by atoms with Gasteiger partial charge < -0.3 is 15.6 Å². The third-order valence-corrected chi connectivity index (χ3v) is 4.48. The molecule has 0 aliphatic heterocycles. The van der Waals surface area contributed by atoms with Crippen LogP contribution in [0.5, 0.6) is 0 Å². The van der Waals surface area contributed by atoms with E-state index in [9.17, 15) is 10.1 Å². The van der Waals surface area contributed by atoms with Crippen LogP contribution in [0.15, 0.2) is 35.3 Å². The summed E-state index contributed by atoms with van der Waals surface area (Å²) in [6.45, 7) is 4.26. The van der Waals surface area contributed by atoms with E-state index in [-0.39, 0.29) is 23.1 Å². The molecular formula is C18H17ClN6O. The van der Waals surface area contributed by atoms with Gasteiger partial charge in [-0.15, -0.1) is 0 Å². The maximum atomic E-state index is 12.9. The van der Waals surface area contributed by atoms with Gasteiger partial charge >= 0.3 is 0 Å². The lowest BCUT2D eigenvalue weighted by atomic mass is 10.1. The first-order valence-corrected chi connectivity index (χ1v) is 8.45. The van der Waals surface area contributed by atoms with Crippen molar-refractivity contribution in [3.63, 3.8) is 0 Å². The Morgan fingerprint density at radius 2 is 2.23 bits per heavy atom. The Balaban J connectivity index is 2.12. The molecule has 0 aliphatic rings. The van der Waals surface area contributed by atoms with Gasteiger partial charge in [0.15, 0.2) is 0 Å². The van der Waals surface area contributed by atoms with E-state index in [0.717, 1.165) is 11.1 Å². The van der Waals surface area contributed by atoms with Gasteiger partial charge in [-0.25, -0.2) is 4.98 Å². The van der Waals surface area contributed by atoms with Crippen LogP contribution in [-0.2, 0) is 6.54 Å². The fraction of sp³-hybridized carbons (Fsp3) is 0.222. The number of aromatic nitrogens is 3. The van der Waals surface area contributed by atoms with Crippen molar-refractivity contribution in [2.75, 3.05) is 11.1 Å². The molecule has 0 saturated heterocycles. The second-order valence-corrected chi connectivity index (χ2v) is 6.20. The van der Waals surface area contributed by atoms with E-state index in [1.165, 1.54) is 6.20 Å². The number of anilines is 2. The van der Waals surface area contributed by atoms with E-state index in [0.29, 0.717) is 22.8 Å². The van der Waals surface area contributed by atoms with Gasteiger partial charge in [0, 0.05) is 12.2 Å². The Morgan fingerprint density at radius 1 is 1.46 bits per heavy atom. The fourth-order valence-corrected chi connectivity index (χ4v) is 3.19. The van der Waals surface area contributed by atoms with Crippen LogP contribution < -0.4 is 16.6 Å². The smallest absolute Gasteiger partial charge is 0.260 e. The number of benzene rings is 1. The first-order valence-electron chi connectivity index (χ1n) is 8.07. The van der Waals surface area contributed by atoms with Crippen molar-refractivity contribution < 1.29 is 0 Å². The number of halogens is 1. The van der Waals surface area contributed by atoms with Gasteiger partial charge in [0.2, 0.25) is 5.95 Å². The summed E-state index contributed by atoms with van der Waals surface area (Å²) in [6.07, 6.45) is 1.37. The molecule has 3 N–H and O–H groups in total. The number of nitrogens with one attached hydrogen (secondary N) is 1. The normalized spacial score (nSPS) is 11.9. The molecule has 1 aromatic carbocycles. The van der Waals surface area contributed by atoms with Crippen molar-refractivity contribution in [3.05, 3.63) is 57.1 Å². The third-order valence-electron chi connectivity index (χ3n) is 4.16. The minimum absolute atomic E-state index is 0.0666. The molecule has 1 unspecified atom stereocenters. The van der Waals surface area contributed by atoms with E-state index >= 15 is 0 Å². The highest BCUT2D eigenvalue weighted by Crippen LogP contribution is 2.25. The maximum absolute atomic E-state index is 12.9. The lowest BCUT2D eigenvalue weighted by Gasteiger charge is -2.21. The molecule has 2 heterocycles. The zero-order chi connectivity index (χ0) is 18.8. The SMILES string of the molecule is CCn1c(C(C)Nc2nc(N)ncc2C#N)cc2cccc(Cl)c2c1=O. The molecule has 3 aromatic rings. The number of hydrogen-bond donors (Lipinski definition) is 2. The summed E-state index contributed by atoms with van der Waals surface area (Å²) >= 11 is 6.21. The second-order valence-electron chi connectivity index (χ2n) is 5.79. The van der Waals surface area contributed by atoms with Gasteiger partial charge in [-0.1, -0.05) is 23.7 Å². The van der Waals surface area contributed by atoms with E-state index in [1.54, 1.807) is 16.7 Å². The zero-order valence-corrected chi connectivity index (χ0v) is 15.1. The van der Waals surface area contributed by atoms with Crippen LogP contribution in [0.4, 0.5) is 11.8 Å². The van der Waals surface area contributed by atoms with E-state index in [4.69, 9.17) is 17.3 Å². The quantitative estimate of drug-likeness (QED) is 0.732. The monoisotopic (exact) mass is 368 g/mol. The van der Waals surface area contributed by atoms with E-state index in [1.807, 2.05) is 32.0 Å². The lowest BCUT2D eigenvalue weighted by molar-refractivity contribution is 0.650.